The first-order valence-corrected chi connectivity index (χ1v) is 9.12. The summed E-state index contributed by atoms with van der Waals surface area (Å²) in [7, 11) is 0. The predicted octanol–water partition coefficient (Wildman–Crippen LogP) is 4.85. The molecule has 1 amide bonds. The minimum absolute atomic E-state index is 0.0510. The Morgan fingerprint density at radius 1 is 1.14 bits per heavy atom. The maximum Gasteiger partial charge on any atom is 0.265 e. The second kappa shape index (κ2) is 8.38. The van der Waals surface area contributed by atoms with Gasteiger partial charge in [0.05, 0.1) is 11.3 Å². The zero-order chi connectivity index (χ0) is 21.1. The molecule has 1 atom stereocenters. The molecule has 2 aromatic carbocycles. The van der Waals surface area contributed by atoms with Crippen molar-refractivity contribution in [2.45, 2.75) is 39.7 Å². The second-order valence-electron chi connectivity index (χ2n) is 6.94. The SMILES string of the molecule is Cc1cccc(-c2nc(C(C)C)no2)c1NC(=O)C(C)Oc1ccc(F)c(F)c1. The number of carbonyl (C=O) groups is 1. The molecule has 0 aliphatic heterocycles. The van der Waals surface area contributed by atoms with Crippen LogP contribution in [0.2, 0.25) is 0 Å². The van der Waals surface area contributed by atoms with Crippen molar-refractivity contribution in [3.05, 3.63) is 59.4 Å². The summed E-state index contributed by atoms with van der Waals surface area (Å²) in [4.78, 5) is 17.0. The third-order valence-electron chi connectivity index (χ3n) is 4.28. The number of ether oxygens (including phenoxy) is 1. The lowest BCUT2D eigenvalue weighted by Gasteiger charge is -2.17. The van der Waals surface area contributed by atoms with Crippen LogP contribution in [0.1, 0.15) is 38.1 Å². The van der Waals surface area contributed by atoms with Crippen molar-refractivity contribution in [1.82, 2.24) is 10.1 Å². The number of aromatic nitrogens is 2. The molecule has 0 fully saturated rings. The molecule has 1 unspecified atom stereocenters. The van der Waals surface area contributed by atoms with Crippen LogP contribution in [-0.4, -0.2) is 22.2 Å². The molecule has 0 radical (unpaired) electrons. The molecule has 6 nitrogen and oxygen atoms in total. The largest absolute Gasteiger partial charge is 0.481 e. The molecule has 3 aromatic rings. The van der Waals surface area contributed by atoms with Gasteiger partial charge in [-0.25, -0.2) is 8.78 Å². The Morgan fingerprint density at radius 3 is 2.55 bits per heavy atom. The monoisotopic (exact) mass is 401 g/mol. The average molecular weight is 401 g/mol. The van der Waals surface area contributed by atoms with Crippen molar-refractivity contribution in [3.8, 4) is 17.2 Å². The van der Waals surface area contributed by atoms with Crippen LogP contribution in [0.3, 0.4) is 0 Å². The van der Waals surface area contributed by atoms with Crippen molar-refractivity contribution >= 4 is 11.6 Å². The van der Waals surface area contributed by atoms with Crippen molar-refractivity contribution < 1.29 is 22.8 Å². The molecule has 0 saturated carbocycles. The summed E-state index contributed by atoms with van der Waals surface area (Å²) in [5.74, 6) is -1.49. The molecule has 1 aromatic heterocycles. The fraction of sp³-hybridized carbons (Fsp3) is 0.286. The number of carbonyl (C=O) groups excluding carboxylic acids is 1. The summed E-state index contributed by atoms with van der Waals surface area (Å²) in [5.41, 5.74) is 1.88. The summed E-state index contributed by atoms with van der Waals surface area (Å²) < 4.78 is 37.2. The van der Waals surface area contributed by atoms with Gasteiger partial charge in [0.15, 0.2) is 23.6 Å². The van der Waals surface area contributed by atoms with Gasteiger partial charge >= 0.3 is 0 Å². The highest BCUT2D eigenvalue weighted by molar-refractivity contribution is 5.98. The van der Waals surface area contributed by atoms with E-state index in [-0.39, 0.29) is 11.7 Å². The van der Waals surface area contributed by atoms with Gasteiger partial charge in [0.2, 0.25) is 0 Å². The van der Waals surface area contributed by atoms with E-state index >= 15 is 0 Å². The lowest BCUT2D eigenvalue weighted by atomic mass is 10.1. The molecule has 0 aliphatic carbocycles. The summed E-state index contributed by atoms with van der Waals surface area (Å²) in [6, 6.07) is 8.51. The van der Waals surface area contributed by atoms with Crippen LogP contribution >= 0.6 is 0 Å². The van der Waals surface area contributed by atoms with E-state index in [9.17, 15) is 13.6 Å². The zero-order valence-corrected chi connectivity index (χ0v) is 16.5. The highest BCUT2D eigenvalue weighted by Gasteiger charge is 2.21. The topological polar surface area (TPSA) is 77.3 Å². The summed E-state index contributed by atoms with van der Waals surface area (Å²) in [5, 5.41) is 6.76. The van der Waals surface area contributed by atoms with E-state index in [2.05, 4.69) is 15.5 Å². The van der Waals surface area contributed by atoms with Gasteiger partial charge in [-0.15, -0.1) is 0 Å². The summed E-state index contributed by atoms with van der Waals surface area (Å²) in [6.07, 6.45) is -0.957. The molecule has 29 heavy (non-hydrogen) atoms. The number of halogens is 2. The molecular formula is C21H21F2N3O3. The highest BCUT2D eigenvalue weighted by Crippen LogP contribution is 2.31. The van der Waals surface area contributed by atoms with Gasteiger partial charge in [0.25, 0.3) is 11.8 Å². The molecule has 0 spiro atoms. The van der Waals surface area contributed by atoms with E-state index in [1.54, 1.807) is 6.07 Å². The molecule has 152 valence electrons. The first kappa shape index (κ1) is 20.4. The maximum absolute atomic E-state index is 13.4. The molecule has 0 bridgehead atoms. The molecule has 1 heterocycles. The number of amides is 1. The number of anilines is 1. The van der Waals surface area contributed by atoms with Gasteiger partial charge in [-0.2, -0.15) is 4.98 Å². The summed E-state index contributed by atoms with van der Waals surface area (Å²) in [6.45, 7) is 7.24. The van der Waals surface area contributed by atoms with Gasteiger partial charge < -0.3 is 14.6 Å². The van der Waals surface area contributed by atoms with E-state index in [0.29, 0.717) is 23.0 Å². The zero-order valence-electron chi connectivity index (χ0n) is 16.5. The van der Waals surface area contributed by atoms with E-state index in [1.807, 2.05) is 32.9 Å². The second-order valence-corrected chi connectivity index (χ2v) is 6.94. The molecular weight excluding hydrogens is 380 g/mol. The maximum atomic E-state index is 13.4. The van der Waals surface area contributed by atoms with Gasteiger partial charge in [-0.3, -0.25) is 4.79 Å². The number of hydrogen-bond acceptors (Lipinski definition) is 5. The van der Waals surface area contributed by atoms with Crippen molar-refractivity contribution in [1.29, 1.82) is 0 Å². The molecule has 8 heteroatoms. The van der Waals surface area contributed by atoms with Crippen LogP contribution in [0, 0.1) is 18.6 Å². The lowest BCUT2D eigenvalue weighted by molar-refractivity contribution is -0.122. The van der Waals surface area contributed by atoms with Crippen LogP contribution in [0.15, 0.2) is 40.9 Å². The van der Waals surface area contributed by atoms with E-state index in [4.69, 9.17) is 9.26 Å². The first-order chi connectivity index (χ1) is 13.8. The van der Waals surface area contributed by atoms with E-state index < -0.39 is 23.6 Å². The molecule has 0 aliphatic rings. The lowest BCUT2D eigenvalue weighted by Crippen LogP contribution is -2.30. The van der Waals surface area contributed by atoms with Gasteiger partial charge in [-0.1, -0.05) is 31.1 Å². The number of para-hydroxylation sites is 1. The smallest absolute Gasteiger partial charge is 0.265 e. The van der Waals surface area contributed by atoms with E-state index in [0.717, 1.165) is 17.7 Å². The number of nitrogens with one attached hydrogen (secondary N) is 1. The Morgan fingerprint density at radius 2 is 1.90 bits per heavy atom. The van der Waals surface area contributed by atoms with Crippen LogP contribution in [0.4, 0.5) is 14.5 Å². The van der Waals surface area contributed by atoms with Crippen LogP contribution < -0.4 is 10.1 Å². The van der Waals surface area contributed by atoms with Crippen molar-refractivity contribution in [3.63, 3.8) is 0 Å². The minimum atomic E-state index is -1.05. The van der Waals surface area contributed by atoms with Crippen molar-refractivity contribution in [2.75, 3.05) is 5.32 Å². The molecule has 0 saturated heterocycles. The number of benzene rings is 2. The van der Waals surface area contributed by atoms with E-state index in [1.165, 1.54) is 13.0 Å². The number of nitrogens with zero attached hydrogens (tertiary/aromatic N) is 2. The Balaban J connectivity index is 1.81. The quantitative estimate of drug-likeness (QED) is 0.639. The summed E-state index contributed by atoms with van der Waals surface area (Å²) >= 11 is 0. The third kappa shape index (κ3) is 4.59. The Hall–Kier alpha value is -3.29. The number of hydrogen-bond donors (Lipinski definition) is 1. The van der Waals surface area contributed by atoms with Gasteiger partial charge in [-0.05, 0) is 37.6 Å². The van der Waals surface area contributed by atoms with Crippen molar-refractivity contribution in [2.24, 2.45) is 0 Å². The van der Waals surface area contributed by atoms with Gasteiger partial charge in [0, 0.05) is 12.0 Å². The fourth-order valence-electron chi connectivity index (χ4n) is 2.62. The minimum Gasteiger partial charge on any atom is -0.481 e. The standard InChI is InChI=1S/C21H21F2N3O3/c1-11(2)19-25-21(29-26-19)15-7-5-6-12(3)18(15)24-20(27)13(4)28-14-8-9-16(22)17(23)10-14/h5-11,13H,1-4H3,(H,24,27). The Labute approximate surface area is 166 Å². The number of rotatable bonds is 6. The molecule has 3 rings (SSSR count). The van der Waals surface area contributed by atoms with Gasteiger partial charge in [0.1, 0.15) is 5.75 Å². The predicted molar refractivity (Wildman–Crippen MR) is 104 cm³/mol. The number of aryl methyl sites for hydroxylation is 1. The molecule has 1 N–H and O–H groups in total. The highest BCUT2D eigenvalue weighted by atomic mass is 19.2. The Bertz CT molecular complexity index is 1030. The normalized spacial score (nSPS) is 12.1. The van der Waals surface area contributed by atoms with Crippen LogP contribution in [-0.2, 0) is 4.79 Å². The first-order valence-electron chi connectivity index (χ1n) is 9.12. The third-order valence-corrected chi connectivity index (χ3v) is 4.28. The van der Waals surface area contributed by atoms with Crippen LogP contribution in [0.25, 0.3) is 11.5 Å². The fourth-order valence-corrected chi connectivity index (χ4v) is 2.62. The van der Waals surface area contributed by atoms with Crippen LogP contribution in [0.5, 0.6) is 5.75 Å². The Kier molecular flexibility index (Phi) is 5.91. The average Bonchev–Trinajstić information content (AvgIpc) is 3.16.